The standard InChI is InChI=1S/C5H12N2O3S/c1-3-6-11(9,10)7-4-5(2)8/h6-7H,3-4H2,1-2H3. The fraction of sp³-hybridized carbons (Fsp3) is 0.800. The van der Waals surface area contributed by atoms with Crippen LogP contribution in [0.4, 0.5) is 0 Å². The zero-order valence-electron chi connectivity index (χ0n) is 6.55. The number of nitrogens with one attached hydrogen (secondary N) is 2. The van der Waals surface area contributed by atoms with Crippen molar-refractivity contribution < 1.29 is 13.2 Å². The summed E-state index contributed by atoms with van der Waals surface area (Å²) in [6.07, 6.45) is 0. The van der Waals surface area contributed by atoms with Gasteiger partial charge in [-0.1, -0.05) is 6.92 Å². The van der Waals surface area contributed by atoms with Crippen LogP contribution in [-0.4, -0.2) is 27.3 Å². The van der Waals surface area contributed by atoms with Gasteiger partial charge in [0.25, 0.3) is 10.2 Å². The van der Waals surface area contributed by atoms with E-state index in [-0.39, 0.29) is 12.3 Å². The van der Waals surface area contributed by atoms with Crippen molar-refractivity contribution in [3.63, 3.8) is 0 Å². The van der Waals surface area contributed by atoms with Gasteiger partial charge in [-0.15, -0.1) is 0 Å². The zero-order valence-corrected chi connectivity index (χ0v) is 7.36. The molecule has 0 rings (SSSR count). The average Bonchev–Trinajstić information content (AvgIpc) is 1.84. The third-order valence-electron chi connectivity index (χ3n) is 0.845. The molecule has 2 N–H and O–H groups in total. The molecule has 0 atom stereocenters. The molecule has 0 spiro atoms. The Morgan fingerprint density at radius 1 is 1.36 bits per heavy atom. The summed E-state index contributed by atoms with van der Waals surface area (Å²) in [5.41, 5.74) is 0. The molecule has 0 aromatic rings. The van der Waals surface area contributed by atoms with Crippen LogP contribution in [0.3, 0.4) is 0 Å². The van der Waals surface area contributed by atoms with Crippen LogP contribution in [-0.2, 0) is 15.0 Å². The number of hydrogen-bond acceptors (Lipinski definition) is 3. The zero-order chi connectivity index (χ0) is 8.91. The molecule has 11 heavy (non-hydrogen) atoms. The summed E-state index contributed by atoms with van der Waals surface area (Å²) in [7, 11) is -3.45. The van der Waals surface area contributed by atoms with Crippen molar-refractivity contribution in [1.29, 1.82) is 0 Å². The Balaban J connectivity index is 3.84. The summed E-state index contributed by atoms with van der Waals surface area (Å²) in [6, 6.07) is 0. The molecule has 0 saturated carbocycles. The van der Waals surface area contributed by atoms with E-state index in [0.29, 0.717) is 6.54 Å². The van der Waals surface area contributed by atoms with Crippen molar-refractivity contribution in [3.8, 4) is 0 Å². The molecule has 0 heterocycles. The van der Waals surface area contributed by atoms with Gasteiger partial charge >= 0.3 is 0 Å². The van der Waals surface area contributed by atoms with Crippen molar-refractivity contribution in [2.45, 2.75) is 13.8 Å². The van der Waals surface area contributed by atoms with Crippen molar-refractivity contribution in [1.82, 2.24) is 9.44 Å². The lowest BCUT2D eigenvalue weighted by atomic mass is 10.5. The summed E-state index contributed by atoms with van der Waals surface area (Å²) in [5, 5.41) is 0. The predicted molar refractivity (Wildman–Crippen MR) is 41.3 cm³/mol. The fourth-order valence-corrected chi connectivity index (χ4v) is 1.31. The maximum Gasteiger partial charge on any atom is 0.277 e. The summed E-state index contributed by atoms with van der Waals surface area (Å²) >= 11 is 0. The normalized spacial score (nSPS) is 11.5. The minimum Gasteiger partial charge on any atom is -0.299 e. The van der Waals surface area contributed by atoms with Crippen LogP contribution >= 0.6 is 0 Å². The molecule has 0 fully saturated rings. The Morgan fingerprint density at radius 3 is 2.27 bits per heavy atom. The highest BCUT2D eigenvalue weighted by molar-refractivity contribution is 7.87. The van der Waals surface area contributed by atoms with Gasteiger partial charge in [0.15, 0.2) is 0 Å². The maximum absolute atomic E-state index is 10.8. The average molecular weight is 180 g/mol. The topological polar surface area (TPSA) is 75.3 Å². The third kappa shape index (κ3) is 5.96. The lowest BCUT2D eigenvalue weighted by molar-refractivity contribution is -0.115. The molecule has 0 aliphatic rings. The number of hydrogen-bond donors (Lipinski definition) is 2. The van der Waals surface area contributed by atoms with Crippen molar-refractivity contribution in [3.05, 3.63) is 0 Å². The number of carbonyl (C=O) groups is 1. The van der Waals surface area contributed by atoms with Gasteiger partial charge in [-0.3, -0.25) is 4.79 Å². The molecule has 66 valence electrons. The minimum absolute atomic E-state index is 0.157. The number of carbonyl (C=O) groups excluding carboxylic acids is 1. The molecule has 6 heteroatoms. The van der Waals surface area contributed by atoms with E-state index in [1.165, 1.54) is 6.92 Å². The molecule has 0 amide bonds. The fourth-order valence-electron chi connectivity index (χ4n) is 0.438. The Kier molecular flexibility index (Phi) is 4.24. The lowest BCUT2D eigenvalue weighted by Crippen LogP contribution is -2.38. The summed E-state index contributed by atoms with van der Waals surface area (Å²) in [5.74, 6) is -0.216. The highest BCUT2D eigenvalue weighted by atomic mass is 32.2. The molecular weight excluding hydrogens is 168 g/mol. The first-order valence-electron chi connectivity index (χ1n) is 3.21. The first-order valence-corrected chi connectivity index (χ1v) is 4.70. The van der Waals surface area contributed by atoms with Gasteiger partial charge in [0.2, 0.25) is 0 Å². The second-order valence-electron chi connectivity index (χ2n) is 2.02. The molecule has 0 aliphatic heterocycles. The van der Waals surface area contributed by atoms with Crippen LogP contribution in [0, 0.1) is 0 Å². The van der Waals surface area contributed by atoms with Crippen LogP contribution in [0.1, 0.15) is 13.8 Å². The van der Waals surface area contributed by atoms with E-state index >= 15 is 0 Å². The first-order chi connectivity index (χ1) is 4.98. The van der Waals surface area contributed by atoms with Gasteiger partial charge in [0.1, 0.15) is 5.78 Å². The van der Waals surface area contributed by atoms with Crippen LogP contribution in [0.15, 0.2) is 0 Å². The van der Waals surface area contributed by atoms with E-state index in [1.54, 1.807) is 6.92 Å². The molecule has 0 unspecified atom stereocenters. The van der Waals surface area contributed by atoms with E-state index in [9.17, 15) is 13.2 Å². The van der Waals surface area contributed by atoms with Gasteiger partial charge in [-0.05, 0) is 6.92 Å². The van der Waals surface area contributed by atoms with Gasteiger partial charge in [0.05, 0.1) is 6.54 Å². The quantitative estimate of drug-likeness (QED) is 0.571. The van der Waals surface area contributed by atoms with Gasteiger partial charge in [-0.2, -0.15) is 13.1 Å². The minimum atomic E-state index is -3.45. The summed E-state index contributed by atoms with van der Waals surface area (Å²) in [6.45, 7) is 3.13. The Morgan fingerprint density at radius 2 is 1.91 bits per heavy atom. The SMILES string of the molecule is CCNS(=O)(=O)NCC(C)=O. The van der Waals surface area contributed by atoms with E-state index in [2.05, 4.69) is 9.44 Å². The van der Waals surface area contributed by atoms with Crippen LogP contribution in [0.25, 0.3) is 0 Å². The van der Waals surface area contributed by atoms with Crippen molar-refractivity contribution in [2.24, 2.45) is 0 Å². The van der Waals surface area contributed by atoms with E-state index < -0.39 is 10.2 Å². The number of rotatable bonds is 5. The molecule has 0 aliphatic carbocycles. The second kappa shape index (κ2) is 4.42. The predicted octanol–water partition coefficient (Wildman–Crippen LogP) is -0.981. The van der Waals surface area contributed by atoms with Gasteiger partial charge in [-0.25, -0.2) is 4.72 Å². The van der Waals surface area contributed by atoms with Crippen LogP contribution < -0.4 is 9.44 Å². The lowest BCUT2D eigenvalue weighted by Gasteiger charge is -2.03. The summed E-state index contributed by atoms with van der Waals surface area (Å²) < 4.78 is 25.8. The third-order valence-corrected chi connectivity index (χ3v) is 2.04. The first kappa shape index (κ1) is 10.5. The highest BCUT2D eigenvalue weighted by Crippen LogP contribution is 1.75. The second-order valence-corrected chi connectivity index (χ2v) is 3.61. The van der Waals surface area contributed by atoms with Gasteiger partial charge < -0.3 is 0 Å². The van der Waals surface area contributed by atoms with Crippen molar-refractivity contribution >= 4 is 16.0 Å². The maximum atomic E-state index is 10.8. The summed E-state index contributed by atoms with van der Waals surface area (Å²) in [4.78, 5) is 10.3. The Labute approximate surface area is 66.4 Å². The molecule has 0 saturated heterocycles. The molecule has 0 bridgehead atoms. The van der Waals surface area contributed by atoms with Crippen LogP contribution in [0.5, 0.6) is 0 Å². The van der Waals surface area contributed by atoms with Gasteiger partial charge in [0, 0.05) is 6.54 Å². The largest absolute Gasteiger partial charge is 0.299 e. The number of Topliss-reactive ketones (excluding diaryl/α,β-unsaturated/α-hetero) is 1. The Hall–Kier alpha value is -0.460. The molecule has 0 aromatic heterocycles. The van der Waals surface area contributed by atoms with E-state index in [0.717, 1.165) is 0 Å². The smallest absolute Gasteiger partial charge is 0.277 e. The molecule has 5 nitrogen and oxygen atoms in total. The molecule has 0 radical (unpaired) electrons. The monoisotopic (exact) mass is 180 g/mol. The van der Waals surface area contributed by atoms with E-state index in [1.807, 2.05) is 0 Å². The highest BCUT2D eigenvalue weighted by Gasteiger charge is 2.06. The molecular formula is C5H12N2O3S. The van der Waals surface area contributed by atoms with E-state index in [4.69, 9.17) is 0 Å². The Bertz CT molecular complexity index is 222. The molecule has 0 aromatic carbocycles. The van der Waals surface area contributed by atoms with Crippen LogP contribution in [0.2, 0.25) is 0 Å². The van der Waals surface area contributed by atoms with Crippen molar-refractivity contribution in [2.75, 3.05) is 13.1 Å². The number of ketones is 1.